The van der Waals surface area contributed by atoms with E-state index in [4.69, 9.17) is 4.74 Å². The number of rotatable bonds is 7. The van der Waals surface area contributed by atoms with Gasteiger partial charge in [-0.1, -0.05) is 13.8 Å². The first-order chi connectivity index (χ1) is 13.4. The lowest BCUT2D eigenvalue weighted by molar-refractivity contribution is -0.729. The molecule has 1 aromatic heterocycles. The highest BCUT2D eigenvalue weighted by Gasteiger charge is 2.53. The summed E-state index contributed by atoms with van der Waals surface area (Å²) < 4.78 is 5.18. The number of thiophene rings is 1. The summed E-state index contributed by atoms with van der Waals surface area (Å²) in [6, 6.07) is 1.87. The van der Waals surface area contributed by atoms with Crippen LogP contribution in [0.4, 0.5) is 5.00 Å². The van der Waals surface area contributed by atoms with Gasteiger partial charge in [0.25, 0.3) is 5.91 Å². The van der Waals surface area contributed by atoms with E-state index in [2.05, 4.69) is 24.5 Å². The minimum absolute atomic E-state index is 0.0153. The fraction of sp³-hybridized carbons (Fsp3) is 0.727. The Balaban J connectivity index is 1.40. The van der Waals surface area contributed by atoms with Crippen molar-refractivity contribution >= 4 is 28.2 Å². The third-order valence-corrected chi connectivity index (χ3v) is 8.23. The van der Waals surface area contributed by atoms with Crippen LogP contribution in [-0.4, -0.2) is 30.6 Å². The van der Waals surface area contributed by atoms with Gasteiger partial charge in [-0.2, -0.15) is 0 Å². The number of nitrogens with one attached hydrogen (secondary N) is 1. The third kappa shape index (κ3) is 3.99. The molecule has 4 aliphatic rings. The zero-order valence-electron chi connectivity index (χ0n) is 17.3. The summed E-state index contributed by atoms with van der Waals surface area (Å²) in [5.74, 6) is 2.58. The Morgan fingerprint density at radius 1 is 1.21 bits per heavy atom. The summed E-state index contributed by atoms with van der Waals surface area (Å²) in [5, 5.41) is 5.95. The van der Waals surface area contributed by atoms with E-state index in [1.54, 1.807) is 6.92 Å². The Bertz CT molecular complexity index is 720. The maximum atomic E-state index is 12.7. The number of anilines is 1. The SMILES string of the molecule is CCOC(=O)c1cc(C(C)C)sc1NC(=O)C[NH2+]C12CC3CC(CC(C3)C1)C2. The highest BCUT2D eigenvalue weighted by molar-refractivity contribution is 7.16. The first kappa shape index (κ1) is 19.9. The quantitative estimate of drug-likeness (QED) is 0.682. The van der Waals surface area contributed by atoms with Gasteiger partial charge in [-0.15, -0.1) is 11.3 Å². The van der Waals surface area contributed by atoms with E-state index < -0.39 is 0 Å². The molecule has 4 saturated carbocycles. The van der Waals surface area contributed by atoms with Gasteiger partial charge in [-0.25, -0.2) is 4.79 Å². The summed E-state index contributed by atoms with van der Waals surface area (Å²) in [6.07, 6.45) is 8.06. The van der Waals surface area contributed by atoms with Gasteiger partial charge in [0.15, 0.2) is 6.54 Å². The number of hydrogen-bond donors (Lipinski definition) is 2. The predicted molar refractivity (Wildman–Crippen MR) is 111 cm³/mol. The predicted octanol–water partition coefficient (Wildman–Crippen LogP) is 3.52. The number of esters is 1. The topological polar surface area (TPSA) is 72.0 Å². The number of carbonyl (C=O) groups is 2. The Morgan fingerprint density at radius 3 is 2.36 bits per heavy atom. The lowest BCUT2D eigenvalue weighted by Gasteiger charge is -2.54. The normalized spacial score (nSPS) is 30.6. The summed E-state index contributed by atoms with van der Waals surface area (Å²) >= 11 is 1.49. The molecule has 1 amide bonds. The smallest absolute Gasteiger partial charge is 0.341 e. The summed E-state index contributed by atoms with van der Waals surface area (Å²) in [7, 11) is 0. The van der Waals surface area contributed by atoms with Crippen molar-refractivity contribution < 1.29 is 19.6 Å². The van der Waals surface area contributed by atoms with Crippen LogP contribution in [0.5, 0.6) is 0 Å². The van der Waals surface area contributed by atoms with E-state index in [1.165, 1.54) is 49.9 Å². The van der Waals surface area contributed by atoms with E-state index in [9.17, 15) is 9.59 Å². The lowest BCUT2D eigenvalue weighted by atomic mass is 9.53. The van der Waals surface area contributed by atoms with Crippen molar-refractivity contribution in [2.45, 2.75) is 70.8 Å². The Labute approximate surface area is 171 Å². The molecular weight excluding hydrogens is 372 g/mol. The largest absolute Gasteiger partial charge is 0.462 e. The van der Waals surface area contributed by atoms with Crippen molar-refractivity contribution in [3.8, 4) is 0 Å². The summed E-state index contributed by atoms with van der Waals surface area (Å²) in [6.45, 7) is 6.74. The number of quaternary nitrogens is 1. The van der Waals surface area contributed by atoms with Gasteiger partial charge in [0.05, 0.1) is 17.7 Å². The van der Waals surface area contributed by atoms with Gasteiger partial charge < -0.3 is 15.4 Å². The number of carbonyl (C=O) groups excluding carboxylic acids is 2. The highest BCUT2D eigenvalue weighted by Crippen LogP contribution is 2.54. The summed E-state index contributed by atoms with van der Waals surface area (Å²) in [4.78, 5) is 26.1. The second-order valence-electron chi connectivity index (χ2n) is 9.50. The molecule has 4 bridgehead atoms. The molecule has 0 aromatic carbocycles. The molecule has 0 spiro atoms. The number of hydrogen-bond acceptors (Lipinski definition) is 4. The average molecular weight is 406 g/mol. The molecule has 3 N–H and O–H groups in total. The molecule has 4 aliphatic carbocycles. The van der Waals surface area contributed by atoms with Gasteiger partial charge in [0.1, 0.15) is 5.00 Å². The Morgan fingerprint density at radius 2 is 1.82 bits per heavy atom. The molecule has 28 heavy (non-hydrogen) atoms. The third-order valence-electron chi connectivity index (χ3n) is 6.87. The van der Waals surface area contributed by atoms with E-state index in [-0.39, 0.29) is 17.4 Å². The maximum absolute atomic E-state index is 12.7. The fourth-order valence-electron chi connectivity index (χ4n) is 6.06. The molecule has 0 atom stereocenters. The molecule has 154 valence electrons. The molecule has 4 fully saturated rings. The van der Waals surface area contributed by atoms with E-state index in [0.29, 0.717) is 29.6 Å². The second-order valence-corrected chi connectivity index (χ2v) is 10.6. The van der Waals surface area contributed by atoms with E-state index in [1.807, 2.05) is 6.07 Å². The van der Waals surface area contributed by atoms with E-state index in [0.717, 1.165) is 22.6 Å². The average Bonchev–Trinajstić information content (AvgIpc) is 3.03. The minimum atomic E-state index is -0.356. The summed E-state index contributed by atoms with van der Waals surface area (Å²) in [5.41, 5.74) is 0.771. The highest BCUT2D eigenvalue weighted by atomic mass is 32.1. The van der Waals surface area contributed by atoms with Gasteiger partial charge in [-0.3, -0.25) is 4.79 Å². The van der Waals surface area contributed by atoms with Crippen LogP contribution >= 0.6 is 11.3 Å². The zero-order valence-corrected chi connectivity index (χ0v) is 18.1. The van der Waals surface area contributed by atoms with Crippen LogP contribution in [0.1, 0.15) is 80.4 Å². The Hall–Kier alpha value is -1.40. The molecule has 1 aromatic rings. The maximum Gasteiger partial charge on any atom is 0.341 e. The number of nitrogens with two attached hydrogens (primary N) is 1. The number of amides is 1. The van der Waals surface area contributed by atoms with Crippen LogP contribution in [0.25, 0.3) is 0 Å². The molecule has 0 saturated heterocycles. The van der Waals surface area contributed by atoms with Crippen LogP contribution in [-0.2, 0) is 9.53 Å². The standard InChI is InChI=1S/C22H32N2O3S/c1-4-27-21(26)17-8-18(13(2)3)28-20(17)24-19(25)12-23-22-9-14-5-15(10-22)7-16(6-14)11-22/h8,13-16,23H,4-7,9-12H2,1-3H3,(H,24,25)/p+1. The molecule has 5 nitrogen and oxygen atoms in total. The van der Waals surface area contributed by atoms with Gasteiger partial charge >= 0.3 is 5.97 Å². The zero-order chi connectivity index (χ0) is 19.9. The second kappa shape index (κ2) is 7.79. The van der Waals surface area contributed by atoms with Gasteiger partial charge in [0, 0.05) is 24.1 Å². The fourth-order valence-corrected chi connectivity index (χ4v) is 7.13. The first-order valence-electron chi connectivity index (χ1n) is 10.8. The Kier molecular flexibility index (Phi) is 5.53. The minimum Gasteiger partial charge on any atom is -0.462 e. The molecule has 0 radical (unpaired) electrons. The lowest BCUT2D eigenvalue weighted by Crippen LogP contribution is -3.00. The molecule has 0 aliphatic heterocycles. The van der Waals surface area contributed by atoms with Crippen molar-refractivity contribution in [3.63, 3.8) is 0 Å². The number of ether oxygens (including phenoxy) is 1. The van der Waals surface area contributed by atoms with E-state index >= 15 is 0 Å². The van der Waals surface area contributed by atoms with Crippen LogP contribution in [0.3, 0.4) is 0 Å². The van der Waals surface area contributed by atoms with Gasteiger partial charge in [0.2, 0.25) is 0 Å². The van der Waals surface area contributed by atoms with Crippen LogP contribution < -0.4 is 10.6 Å². The molecule has 1 heterocycles. The van der Waals surface area contributed by atoms with Gasteiger partial charge in [-0.05, 0) is 55.9 Å². The first-order valence-corrected chi connectivity index (χ1v) is 11.6. The van der Waals surface area contributed by atoms with Crippen molar-refractivity contribution in [1.29, 1.82) is 0 Å². The molecule has 0 unspecified atom stereocenters. The van der Waals surface area contributed by atoms with Crippen LogP contribution in [0.2, 0.25) is 0 Å². The molecule has 5 rings (SSSR count). The van der Waals surface area contributed by atoms with Crippen LogP contribution in [0.15, 0.2) is 6.07 Å². The van der Waals surface area contributed by atoms with Crippen molar-refractivity contribution in [2.75, 3.05) is 18.5 Å². The molecular formula is C22H33N2O3S+. The van der Waals surface area contributed by atoms with Crippen molar-refractivity contribution in [3.05, 3.63) is 16.5 Å². The van der Waals surface area contributed by atoms with Crippen molar-refractivity contribution in [1.82, 2.24) is 0 Å². The van der Waals surface area contributed by atoms with Crippen molar-refractivity contribution in [2.24, 2.45) is 17.8 Å². The monoisotopic (exact) mass is 405 g/mol. The van der Waals surface area contributed by atoms with Crippen LogP contribution in [0, 0.1) is 17.8 Å². The molecule has 6 heteroatoms.